The molecule has 0 saturated heterocycles. The van der Waals surface area contributed by atoms with E-state index >= 15 is 17.6 Å². The summed E-state index contributed by atoms with van der Waals surface area (Å²) in [6, 6.07) is 44.4. The first kappa shape index (κ1) is 29.3. The summed E-state index contributed by atoms with van der Waals surface area (Å²) < 4.78 is 62.4. The van der Waals surface area contributed by atoms with Gasteiger partial charge in [0.2, 0.25) is 0 Å². The summed E-state index contributed by atoms with van der Waals surface area (Å²) in [5, 5.41) is 4.70. The minimum atomic E-state index is -0.504. The number of fused-ring (bicyclic) bond motifs is 5. The van der Waals surface area contributed by atoms with Gasteiger partial charge in [0.1, 0.15) is 23.3 Å². The molecule has 0 spiro atoms. The average Bonchev–Trinajstić information content (AvgIpc) is 3.12. The van der Waals surface area contributed by atoms with Crippen LogP contribution in [0.25, 0.3) is 32.3 Å². The van der Waals surface area contributed by atoms with Crippen molar-refractivity contribution in [3.63, 3.8) is 0 Å². The number of nitrogens with zero attached hydrogens (tertiary/aromatic N) is 2. The van der Waals surface area contributed by atoms with E-state index in [1.807, 2.05) is 60.7 Å². The Balaban J connectivity index is 1.50. The monoisotopic (exact) mass is 634 g/mol. The molecule has 0 bridgehead atoms. The number of halogens is 4. The minimum absolute atomic E-state index is 0.193. The van der Waals surface area contributed by atoms with E-state index in [1.165, 1.54) is 24.3 Å². The number of benzene rings is 8. The van der Waals surface area contributed by atoms with Gasteiger partial charge >= 0.3 is 0 Å². The van der Waals surface area contributed by atoms with Gasteiger partial charge in [-0.15, -0.1) is 0 Å². The normalized spacial score (nSPS) is 11.3. The lowest BCUT2D eigenvalue weighted by Crippen LogP contribution is -2.15. The number of para-hydroxylation sites is 4. The van der Waals surface area contributed by atoms with Crippen molar-refractivity contribution in [3.05, 3.63) is 181 Å². The average molecular weight is 635 g/mol. The highest BCUT2D eigenvalue weighted by Gasteiger charge is 2.25. The van der Waals surface area contributed by atoms with Crippen LogP contribution >= 0.6 is 0 Å². The quantitative estimate of drug-likeness (QED) is 0.133. The fraction of sp³-hybridized carbons (Fsp3) is 0. The summed E-state index contributed by atoms with van der Waals surface area (Å²) in [5.41, 5.74) is 1.92. The van der Waals surface area contributed by atoms with Gasteiger partial charge in [0, 0.05) is 10.8 Å². The smallest absolute Gasteiger partial charge is 0.147 e. The Morgan fingerprint density at radius 3 is 0.792 bits per heavy atom. The van der Waals surface area contributed by atoms with Crippen molar-refractivity contribution in [1.29, 1.82) is 0 Å². The van der Waals surface area contributed by atoms with Crippen molar-refractivity contribution < 1.29 is 17.6 Å². The summed E-state index contributed by atoms with van der Waals surface area (Å²) in [7, 11) is 0. The molecule has 0 saturated carbocycles. The first-order chi connectivity index (χ1) is 23.5. The lowest BCUT2D eigenvalue weighted by atomic mass is 9.93. The van der Waals surface area contributed by atoms with Crippen LogP contribution in [0.4, 0.5) is 51.7 Å². The van der Waals surface area contributed by atoms with E-state index in [2.05, 4.69) is 0 Å². The maximum absolute atomic E-state index is 15.6. The van der Waals surface area contributed by atoms with E-state index < -0.39 is 23.3 Å². The second-order valence-electron chi connectivity index (χ2n) is 11.5. The summed E-state index contributed by atoms with van der Waals surface area (Å²) >= 11 is 0. The third-order valence-corrected chi connectivity index (χ3v) is 8.69. The van der Waals surface area contributed by atoms with E-state index in [4.69, 9.17) is 0 Å². The summed E-state index contributed by atoms with van der Waals surface area (Å²) in [6.45, 7) is 0. The molecule has 0 N–H and O–H groups in total. The number of rotatable bonds is 6. The maximum Gasteiger partial charge on any atom is 0.147 e. The third-order valence-electron chi connectivity index (χ3n) is 8.69. The molecule has 0 amide bonds. The Morgan fingerprint density at radius 1 is 0.250 bits per heavy atom. The molecular weight excluding hydrogens is 608 g/mol. The molecule has 0 fully saturated rings. The lowest BCUT2D eigenvalue weighted by Gasteiger charge is -2.30. The molecule has 0 radical (unpaired) electrons. The molecule has 8 rings (SSSR count). The topological polar surface area (TPSA) is 6.48 Å². The van der Waals surface area contributed by atoms with Gasteiger partial charge in [-0.25, -0.2) is 17.6 Å². The Morgan fingerprint density at radius 2 is 0.500 bits per heavy atom. The van der Waals surface area contributed by atoms with E-state index in [0.29, 0.717) is 11.4 Å². The van der Waals surface area contributed by atoms with Crippen molar-refractivity contribution in [1.82, 2.24) is 0 Å². The molecule has 0 aliphatic carbocycles. The van der Waals surface area contributed by atoms with E-state index in [0.717, 1.165) is 32.3 Å². The fourth-order valence-electron chi connectivity index (χ4n) is 6.59. The first-order valence-corrected chi connectivity index (χ1v) is 15.5. The predicted octanol–water partition coefficient (Wildman–Crippen LogP) is 12.6. The van der Waals surface area contributed by atoms with Crippen LogP contribution in [0.2, 0.25) is 0 Å². The standard InChI is InChI=1S/C42H26F4N2/c43-33-17-5-9-21-37(33)47(38-22-10-6-18-34(38)44)41-26-32-28-14-2-4-16-30(28)42(25-31(32)27-13-1-3-15-29(27)41)48(39-23-11-7-19-35(39)45)40-24-12-8-20-36(40)46/h1-26H. The Bertz CT molecular complexity index is 2230. The highest BCUT2D eigenvalue weighted by Crippen LogP contribution is 2.48. The van der Waals surface area contributed by atoms with E-state index in [1.54, 1.807) is 82.6 Å². The van der Waals surface area contributed by atoms with Gasteiger partial charge < -0.3 is 9.80 Å². The highest BCUT2D eigenvalue weighted by atomic mass is 19.1. The highest BCUT2D eigenvalue weighted by molar-refractivity contribution is 6.24. The van der Waals surface area contributed by atoms with Crippen LogP contribution in [0.1, 0.15) is 0 Å². The largest absolute Gasteiger partial charge is 0.304 e. The molecule has 0 aromatic heterocycles. The van der Waals surface area contributed by atoms with Crippen LogP contribution in [-0.2, 0) is 0 Å². The number of hydrogen-bond donors (Lipinski definition) is 0. The zero-order chi connectivity index (χ0) is 32.8. The van der Waals surface area contributed by atoms with Crippen LogP contribution in [0, 0.1) is 23.3 Å². The van der Waals surface area contributed by atoms with Crippen molar-refractivity contribution in [2.75, 3.05) is 9.80 Å². The van der Waals surface area contributed by atoms with Gasteiger partial charge in [0.05, 0.1) is 34.1 Å². The Labute approximate surface area is 274 Å². The molecule has 48 heavy (non-hydrogen) atoms. The van der Waals surface area contributed by atoms with Gasteiger partial charge in [0.25, 0.3) is 0 Å². The third kappa shape index (κ3) is 4.81. The molecule has 0 heterocycles. The van der Waals surface area contributed by atoms with Crippen molar-refractivity contribution >= 4 is 66.4 Å². The Hall–Kier alpha value is -6.14. The number of anilines is 6. The van der Waals surface area contributed by atoms with Crippen molar-refractivity contribution in [3.8, 4) is 0 Å². The second-order valence-corrected chi connectivity index (χ2v) is 11.5. The van der Waals surface area contributed by atoms with Crippen LogP contribution in [-0.4, -0.2) is 0 Å². The maximum atomic E-state index is 15.6. The molecule has 8 aromatic carbocycles. The molecule has 0 aliphatic heterocycles. The van der Waals surface area contributed by atoms with Crippen LogP contribution in [0.5, 0.6) is 0 Å². The van der Waals surface area contributed by atoms with Gasteiger partial charge in [-0.2, -0.15) is 0 Å². The molecule has 0 atom stereocenters. The van der Waals surface area contributed by atoms with E-state index in [-0.39, 0.29) is 22.7 Å². The molecule has 8 aromatic rings. The zero-order valence-electron chi connectivity index (χ0n) is 25.4. The van der Waals surface area contributed by atoms with Gasteiger partial charge in [-0.3, -0.25) is 0 Å². The second kappa shape index (κ2) is 11.9. The molecular formula is C42H26F4N2. The lowest BCUT2D eigenvalue weighted by molar-refractivity contribution is 0.619. The van der Waals surface area contributed by atoms with E-state index in [9.17, 15) is 0 Å². The molecule has 232 valence electrons. The van der Waals surface area contributed by atoms with Crippen LogP contribution in [0.15, 0.2) is 158 Å². The summed E-state index contributed by atoms with van der Waals surface area (Å²) in [5.74, 6) is -2.02. The molecule has 2 nitrogen and oxygen atoms in total. The summed E-state index contributed by atoms with van der Waals surface area (Å²) in [4.78, 5) is 3.22. The Kier molecular flexibility index (Phi) is 7.26. The zero-order valence-corrected chi connectivity index (χ0v) is 25.4. The predicted molar refractivity (Wildman–Crippen MR) is 188 cm³/mol. The van der Waals surface area contributed by atoms with Gasteiger partial charge in [0.15, 0.2) is 0 Å². The van der Waals surface area contributed by atoms with Crippen molar-refractivity contribution in [2.24, 2.45) is 0 Å². The van der Waals surface area contributed by atoms with Gasteiger partial charge in [-0.1, -0.05) is 97.1 Å². The minimum Gasteiger partial charge on any atom is -0.304 e. The first-order valence-electron chi connectivity index (χ1n) is 15.5. The molecule has 0 unspecified atom stereocenters. The van der Waals surface area contributed by atoms with Gasteiger partial charge in [-0.05, 0) is 82.2 Å². The molecule has 0 aliphatic rings. The van der Waals surface area contributed by atoms with Crippen LogP contribution in [0.3, 0.4) is 0 Å². The fourth-order valence-corrected chi connectivity index (χ4v) is 6.59. The summed E-state index contributed by atoms with van der Waals surface area (Å²) in [6.07, 6.45) is 0. The molecule has 6 heteroatoms. The van der Waals surface area contributed by atoms with Crippen LogP contribution < -0.4 is 9.80 Å². The SMILES string of the molecule is Fc1ccccc1N(c1ccccc1F)c1cc2c3ccccc3c(N(c3ccccc3F)c3ccccc3F)cc2c2ccccc12. The number of hydrogen-bond acceptors (Lipinski definition) is 2. The van der Waals surface area contributed by atoms with Crippen molar-refractivity contribution in [2.45, 2.75) is 0 Å².